The summed E-state index contributed by atoms with van der Waals surface area (Å²) in [6.45, 7) is 4.43. The van der Waals surface area contributed by atoms with Gasteiger partial charge in [0.15, 0.2) is 0 Å². The van der Waals surface area contributed by atoms with E-state index in [-0.39, 0.29) is 6.04 Å². The lowest BCUT2D eigenvalue weighted by atomic mass is 10.1. The largest absolute Gasteiger partial charge is 0.494 e. The molecule has 1 fully saturated rings. The van der Waals surface area contributed by atoms with Gasteiger partial charge in [-0.05, 0) is 57.1 Å². The van der Waals surface area contributed by atoms with E-state index in [1.807, 2.05) is 6.92 Å². The zero-order valence-electron chi connectivity index (χ0n) is 11.1. The standard InChI is InChI=1S/C14H20N2O3/c1-2-18-12-3-5-13(6-4-12)19-14(17)16-11-7-9-15-10-8-11/h3-6,11,15H,2,7-10H2,1H3,(H,16,17). The Balaban J connectivity index is 1.80. The quantitative estimate of drug-likeness (QED) is 0.872. The lowest BCUT2D eigenvalue weighted by Crippen LogP contribution is -2.43. The molecule has 0 atom stereocenters. The highest BCUT2D eigenvalue weighted by Gasteiger charge is 2.16. The van der Waals surface area contributed by atoms with Gasteiger partial charge in [0.1, 0.15) is 11.5 Å². The minimum Gasteiger partial charge on any atom is -0.494 e. The molecular formula is C14H20N2O3. The van der Waals surface area contributed by atoms with Crippen LogP contribution in [0, 0.1) is 0 Å². The maximum absolute atomic E-state index is 11.7. The molecule has 0 bridgehead atoms. The van der Waals surface area contributed by atoms with Gasteiger partial charge in [-0.25, -0.2) is 4.79 Å². The third-order valence-electron chi connectivity index (χ3n) is 3.01. The van der Waals surface area contributed by atoms with E-state index >= 15 is 0 Å². The van der Waals surface area contributed by atoms with Gasteiger partial charge in [-0.15, -0.1) is 0 Å². The van der Waals surface area contributed by atoms with Gasteiger partial charge in [0, 0.05) is 6.04 Å². The van der Waals surface area contributed by atoms with Crippen LogP contribution in [0.4, 0.5) is 4.79 Å². The summed E-state index contributed by atoms with van der Waals surface area (Å²) in [6, 6.07) is 7.24. The monoisotopic (exact) mass is 264 g/mol. The number of amides is 1. The summed E-state index contributed by atoms with van der Waals surface area (Å²) >= 11 is 0. The molecule has 1 amide bonds. The first kappa shape index (κ1) is 13.7. The van der Waals surface area contributed by atoms with Crippen LogP contribution in [-0.2, 0) is 0 Å². The molecule has 0 radical (unpaired) electrons. The van der Waals surface area contributed by atoms with Gasteiger partial charge < -0.3 is 20.1 Å². The Kier molecular flexibility index (Phi) is 5.03. The van der Waals surface area contributed by atoms with Gasteiger partial charge in [0.25, 0.3) is 0 Å². The smallest absolute Gasteiger partial charge is 0.412 e. The number of nitrogens with one attached hydrogen (secondary N) is 2. The first-order chi connectivity index (χ1) is 9.28. The number of carbonyl (C=O) groups excluding carboxylic acids is 1. The van der Waals surface area contributed by atoms with Crippen molar-refractivity contribution in [2.75, 3.05) is 19.7 Å². The number of ether oxygens (including phenoxy) is 2. The van der Waals surface area contributed by atoms with Gasteiger partial charge in [0.05, 0.1) is 6.61 Å². The average molecular weight is 264 g/mol. The zero-order chi connectivity index (χ0) is 13.5. The van der Waals surface area contributed by atoms with Gasteiger partial charge in [-0.1, -0.05) is 0 Å². The summed E-state index contributed by atoms with van der Waals surface area (Å²) in [7, 11) is 0. The van der Waals surface area contributed by atoms with Crippen LogP contribution in [0.5, 0.6) is 11.5 Å². The van der Waals surface area contributed by atoms with E-state index in [2.05, 4.69) is 10.6 Å². The molecule has 1 heterocycles. The second-order valence-electron chi connectivity index (χ2n) is 4.46. The molecule has 5 nitrogen and oxygen atoms in total. The predicted octanol–water partition coefficient (Wildman–Crippen LogP) is 1.93. The molecule has 1 aromatic rings. The fourth-order valence-corrected chi connectivity index (χ4v) is 2.04. The number of benzene rings is 1. The summed E-state index contributed by atoms with van der Waals surface area (Å²) in [5.41, 5.74) is 0. The molecular weight excluding hydrogens is 244 g/mol. The molecule has 2 rings (SSSR count). The highest BCUT2D eigenvalue weighted by atomic mass is 16.6. The molecule has 19 heavy (non-hydrogen) atoms. The molecule has 0 aromatic heterocycles. The lowest BCUT2D eigenvalue weighted by molar-refractivity contribution is 0.192. The molecule has 0 unspecified atom stereocenters. The second kappa shape index (κ2) is 6.99. The molecule has 2 N–H and O–H groups in total. The zero-order valence-corrected chi connectivity index (χ0v) is 11.1. The van der Waals surface area contributed by atoms with Crippen molar-refractivity contribution >= 4 is 6.09 Å². The Morgan fingerprint density at radius 2 is 1.89 bits per heavy atom. The topological polar surface area (TPSA) is 59.6 Å². The first-order valence-corrected chi connectivity index (χ1v) is 6.70. The summed E-state index contributed by atoms with van der Waals surface area (Å²) in [6.07, 6.45) is 1.49. The van der Waals surface area contributed by atoms with E-state index in [1.165, 1.54) is 0 Å². The molecule has 1 aliphatic heterocycles. The summed E-state index contributed by atoms with van der Waals surface area (Å²) in [5, 5.41) is 6.12. The Hall–Kier alpha value is -1.75. The third-order valence-corrected chi connectivity index (χ3v) is 3.01. The Morgan fingerprint density at radius 1 is 1.26 bits per heavy atom. The molecule has 0 aliphatic carbocycles. The Bertz CT molecular complexity index is 400. The van der Waals surface area contributed by atoms with Crippen LogP contribution in [0.1, 0.15) is 19.8 Å². The predicted molar refractivity (Wildman–Crippen MR) is 72.7 cm³/mol. The van der Waals surface area contributed by atoms with E-state index in [4.69, 9.17) is 9.47 Å². The fourth-order valence-electron chi connectivity index (χ4n) is 2.04. The van der Waals surface area contributed by atoms with Crippen LogP contribution in [0.2, 0.25) is 0 Å². The van der Waals surface area contributed by atoms with Crippen LogP contribution in [0.25, 0.3) is 0 Å². The van der Waals surface area contributed by atoms with Gasteiger partial charge >= 0.3 is 6.09 Å². The number of carbonyl (C=O) groups is 1. The van der Waals surface area contributed by atoms with Crippen LogP contribution in [0.15, 0.2) is 24.3 Å². The van der Waals surface area contributed by atoms with Crippen molar-refractivity contribution in [1.29, 1.82) is 0 Å². The van der Waals surface area contributed by atoms with Gasteiger partial charge in [-0.3, -0.25) is 0 Å². The van der Waals surface area contributed by atoms with Gasteiger partial charge in [-0.2, -0.15) is 0 Å². The van der Waals surface area contributed by atoms with Crippen LogP contribution in [-0.4, -0.2) is 31.8 Å². The highest BCUT2D eigenvalue weighted by molar-refractivity contribution is 5.70. The molecule has 0 saturated carbocycles. The van der Waals surface area contributed by atoms with Crippen molar-refractivity contribution in [1.82, 2.24) is 10.6 Å². The van der Waals surface area contributed by atoms with E-state index in [0.717, 1.165) is 31.7 Å². The van der Waals surface area contributed by atoms with E-state index < -0.39 is 6.09 Å². The van der Waals surface area contributed by atoms with Crippen molar-refractivity contribution in [2.45, 2.75) is 25.8 Å². The summed E-state index contributed by atoms with van der Waals surface area (Å²) < 4.78 is 10.5. The maximum atomic E-state index is 11.7. The normalized spacial score (nSPS) is 15.8. The Morgan fingerprint density at radius 3 is 2.53 bits per heavy atom. The molecule has 0 spiro atoms. The fraction of sp³-hybridized carbons (Fsp3) is 0.500. The van der Waals surface area contributed by atoms with Gasteiger partial charge in [0.2, 0.25) is 0 Å². The first-order valence-electron chi connectivity index (χ1n) is 6.70. The van der Waals surface area contributed by atoms with Crippen molar-refractivity contribution in [2.24, 2.45) is 0 Å². The Labute approximate surface area is 113 Å². The van der Waals surface area contributed by atoms with Crippen molar-refractivity contribution in [3.63, 3.8) is 0 Å². The highest BCUT2D eigenvalue weighted by Crippen LogP contribution is 2.17. The third kappa shape index (κ3) is 4.44. The number of hydrogen-bond acceptors (Lipinski definition) is 4. The van der Waals surface area contributed by atoms with Crippen LogP contribution >= 0.6 is 0 Å². The van der Waals surface area contributed by atoms with Crippen LogP contribution in [0.3, 0.4) is 0 Å². The lowest BCUT2D eigenvalue weighted by Gasteiger charge is -2.23. The van der Waals surface area contributed by atoms with Crippen LogP contribution < -0.4 is 20.1 Å². The van der Waals surface area contributed by atoms with E-state index in [1.54, 1.807) is 24.3 Å². The van der Waals surface area contributed by atoms with Crippen molar-refractivity contribution in [3.05, 3.63) is 24.3 Å². The summed E-state index contributed by atoms with van der Waals surface area (Å²) in [4.78, 5) is 11.7. The van der Waals surface area contributed by atoms with E-state index in [0.29, 0.717) is 12.4 Å². The second-order valence-corrected chi connectivity index (χ2v) is 4.46. The SMILES string of the molecule is CCOc1ccc(OC(=O)NC2CCNCC2)cc1. The number of rotatable bonds is 4. The van der Waals surface area contributed by atoms with Crippen molar-refractivity contribution < 1.29 is 14.3 Å². The summed E-state index contributed by atoms with van der Waals surface area (Å²) in [5.74, 6) is 1.29. The van der Waals surface area contributed by atoms with E-state index in [9.17, 15) is 4.79 Å². The molecule has 1 aromatic carbocycles. The molecule has 5 heteroatoms. The number of hydrogen-bond donors (Lipinski definition) is 2. The maximum Gasteiger partial charge on any atom is 0.412 e. The minimum atomic E-state index is -0.393. The average Bonchev–Trinajstić information content (AvgIpc) is 2.42. The van der Waals surface area contributed by atoms with Crippen molar-refractivity contribution in [3.8, 4) is 11.5 Å². The number of piperidine rings is 1. The molecule has 104 valence electrons. The molecule has 1 saturated heterocycles. The minimum absolute atomic E-state index is 0.205. The molecule has 1 aliphatic rings.